The zero-order valence-corrected chi connectivity index (χ0v) is 14.5. The van der Waals surface area contributed by atoms with E-state index in [1.165, 1.54) is 12.8 Å². The first kappa shape index (κ1) is 16.0. The molecule has 3 rings (SSSR count). The van der Waals surface area contributed by atoms with Crippen molar-refractivity contribution in [3.05, 3.63) is 11.4 Å². The SMILES string of the molecule is Cc1nn(C)c(C)c1S(=O)(=O)N1CCC(NCC2CC2)CC1. The van der Waals surface area contributed by atoms with Gasteiger partial charge in [0.25, 0.3) is 0 Å². The Kier molecular flexibility index (Phi) is 4.31. The van der Waals surface area contributed by atoms with Crippen LogP contribution in [0.4, 0.5) is 0 Å². The first-order chi connectivity index (χ1) is 10.4. The van der Waals surface area contributed by atoms with Gasteiger partial charge >= 0.3 is 0 Å². The highest BCUT2D eigenvalue weighted by Gasteiger charge is 2.33. The summed E-state index contributed by atoms with van der Waals surface area (Å²) in [6.45, 7) is 5.87. The fourth-order valence-corrected chi connectivity index (χ4v) is 5.08. The molecule has 1 saturated carbocycles. The molecule has 124 valence electrons. The van der Waals surface area contributed by atoms with Gasteiger partial charge in [0.05, 0.1) is 11.4 Å². The number of piperidine rings is 1. The van der Waals surface area contributed by atoms with Crippen LogP contribution in [0.3, 0.4) is 0 Å². The molecule has 7 heteroatoms. The maximum Gasteiger partial charge on any atom is 0.246 e. The molecule has 2 fully saturated rings. The van der Waals surface area contributed by atoms with Gasteiger partial charge in [-0.25, -0.2) is 8.42 Å². The topological polar surface area (TPSA) is 67.2 Å². The minimum absolute atomic E-state index is 0.388. The van der Waals surface area contributed by atoms with Gasteiger partial charge in [-0.2, -0.15) is 9.40 Å². The van der Waals surface area contributed by atoms with Crippen molar-refractivity contribution in [1.29, 1.82) is 0 Å². The van der Waals surface area contributed by atoms with Crippen LogP contribution in [-0.2, 0) is 17.1 Å². The van der Waals surface area contributed by atoms with E-state index >= 15 is 0 Å². The van der Waals surface area contributed by atoms with Crippen molar-refractivity contribution in [3.63, 3.8) is 0 Å². The Labute approximate surface area is 132 Å². The van der Waals surface area contributed by atoms with Gasteiger partial charge in [-0.05, 0) is 52.0 Å². The third-order valence-corrected chi connectivity index (χ3v) is 7.04. The summed E-state index contributed by atoms with van der Waals surface area (Å²) >= 11 is 0. The average molecular weight is 326 g/mol. The van der Waals surface area contributed by atoms with E-state index in [1.807, 2.05) is 6.92 Å². The van der Waals surface area contributed by atoms with Crippen molar-refractivity contribution in [2.45, 2.75) is 50.5 Å². The van der Waals surface area contributed by atoms with Crippen LogP contribution in [-0.4, -0.2) is 48.2 Å². The monoisotopic (exact) mass is 326 g/mol. The van der Waals surface area contributed by atoms with Crippen molar-refractivity contribution >= 4 is 10.0 Å². The lowest BCUT2D eigenvalue weighted by atomic mass is 10.1. The van der Waals surface area contributed by atoms with Crippen LogP contribution in [0.2, 0.25) is 0 Å². The molecule has 1 N–H and O–H groups in total. The number of hydrogen-bond acceptors (Lipinski definition) is 4. The van der Waals surface area contributed by atoms with Crippen molar-refractivity contribution in [1.82, 2.24) is 19.4 Å². The predicted octanol–water partition coefficient (Wildman–Crippen LogP) is 1.19. The van der Waals surface area contributed by atoms with Crippen molar-refractivity contribution in [2.24, 2.45) is 13.0 Å². The molecule has 0 atom stereocenters. The molecular weight excluding hydrogens is 300 g/mol. The Morgan fingerprint density at radius 2 is 1.82 bits per heavy atom. The number of aromatic nitrogens is 2. The van der Waals surface area contributed by atoms with Gasteiger partial charge in [-0.15, -0.1) is 0 Å². The first-order valence-corrected chi connectivity index (χ1v) is 9.57. The van der Waals surface area contributed by atoms with Crippen molar-refractivity contribution in [3.8, 4) is 0 Å². The lowest BCUT2D eigenvalue weighted by Crippen LogP contribution is -2.45. The number of nitrogens with one attached hydrogen (secondary N) is 1. The second-order valence-corrected chi connectivity index (χ2v) is 8.53. The molecule has 0 amide bonds. The van der Waals surface area contributed by atoms with Gasteiger partial charge in [-0.3, -0.25) is 4.68 Å². The van der Waals surface area contributed by atoms with E-state index in [2.05, 4.69) is 10.4 Å². The summed E-state index contributed by atoms with van der Waals surface area (Å²) in [4.78, 5) is 0.388. The van der Waals surface area contributed by atoms with Gasteiger partial charge < -0.3 is 5.32 Å². The van der Waals surface area contributed by atoms with Crippen LogP contribution in [0, 0.1) is 19.8 Å². The summed E-state index contributed by atoms with van der Waals surface area (Å²) in [6, 6.07) is 0.461. The molecule has 1 aliphatic carbocycles. The van der Waals surface area contributed by atoms with Crippen LogP contribution in [0.15, 0.2) is 4.90 Å². The highest BCUT2D eigenvalue weighted by atomic mass is 32.2. The summed E-state index contributed by atoms with van der Waals surface area (Å²) in [5.41, 5.74) is 1.31. The van der Waals surface area contributed by atoms with Gasteiger partial charge in [0, 0.05) is 26.2 Å². The van der Waals surface area contributed by atoms with Crippen molar-refractivity contribution < 1.29 is 8.42 Å². The number of rotatable bonds is 5. The Hall–Kier alpha value is -0.920. The zero-order valence-electron chi connectivity index (χ0n) is 13.7. The molecule has 0 unspecified atom stereocenters. The van der Waals surface area contributed by atoms with Crippen molar-refractivity contribution in [2.75, 3.05) is 19.6 Å². The Balaban J connectivity index is 1.66. The van der Waals surface area contributed by atoms with E-state index in [9.17, 15) is 8.42 Å². The Morgan fingerprint density at radius 3 is 2.32 bits per heavy atom. The summed E-state index contributed by atoms with van der Waals surface area (Å²) < 4.78 is 29.0. The molecule has 1 saturated heterocycles. The van der Waals surface area contributed by atoms with Crippen LogP contribution < -0.4 is 5.32 Å². The molecular formula is C15H26N4O2S. The summed E-state index contributed by atoms with van der Waals surface area (Å²) in [5.74, 6) is 0.863. The predicted molar refractivity (Wildman–Crippen MR) is 85.2 cm³/mol. The van der Waals surface area contributed by atoms with Crippen LogP contribution in [0.5, 0.6) is 0 Å². The summed E-state index contributed by atoms with van der Waals surface area (Å²) in [7, 11) is -1.64. The molecule has 1 aromatic rings. The molecule has 1 aliphatic heterocycles. The molecule has 0 bridgehead atoms. The highest BCUT2D eigenvalue weighted by Crippen LogP contribution is 2.29. The van der Waals surface area contributed by atoms with E-state index in [-0.39, 0.29) is 0 Å². The fraction of sp³-hybridized carbons (Fsp3) is 0.800. The quantitative estimate of drug-likeness (QED) is 0.882. The third kappa shape index (κ3) is 3.07. The maximum absolute atomic E-state index is 12.9. The van der Waals surface area contributed by atoms with Gasteiger partial charge in [-0.1, -0.05) is 0 Å². The average Bonchev–Trinajstić information content (AvgIpc) is 3.25. The van der Waals surface area contributed by atoms with Crippen LogP contribution in [0.1, 0.15) is 37.1 Å². The number of sulfonamides is 1. The number of nitrogens with zero attached hydrogens (tertiary/aromatic N) is 3. The minimum Gasteiger partial charge on any atom is -0.314 e. The number of aryl methyl sites for hydroxylation is 2. The molecule has 1 aromatic heterocycles. The molecule has 2 aliphatic rings. The third-order valence-electron chi connectivity index (χ3n) is 4.89. The molecule has 0 radical (unpaired) electrons. The van der Waals surface area contributed by atoms with E-state index in [4.69, 9.17) is 0 Å². The summed E-state index contributed by atoms with van der Waals surface area (Å²) in [5, 5.41) is 7.83. The maximum atomic E-state index is 12.9. The van der Waals surface area contributed by atoms with Crippen LogP contribution >= 0.6 is 0 Å². The fourth-order valence-electron chi connectivity index (χ4n) is 3.21. The minimum atomic E-state index is -3.42. The van der Waals surface area contributed by atoms with Gasteiger partial charge in [0.1, 0.15) is 4.90 Å². The second-order valence-electron chi connectivity index (χ2n) is 6.65. The molecule has 2 heterocycles. The first-order valence-electron chi connectivity index (χ1n) is 8.13. The van der Waals surface area contributed by atoms with E-state index in [1.54, 1.807) is 23.0 Å². The van der Waals surface area contributed by atoms with Gasteiger partial charge in [0.2, 0.25) is 10.0 Å². The van der Waals surface area contributed by atoms with Crippen LogP contribution in [0.25, 0.3) is 0 Å². The summed E-state index contributed by atoms with van der Waals surface area (Å²) in [6.07, 6.45) is 4.48. The smallest absolute Gasteiger partial charge is 0.246 e. The van der Waals surface area contributed by atoms with E-state index < -0.39 is 10.0 Å². The standard InChI is InChI=1S/C15H26N4O2S/c1-11-15(12(2)18(3)17-11)22(20,21)19-8-6-14(7-9-19)16-10-13-4-5-13/h13-14,16H,4-10H2,1-3H3. The molecule has 22 heavy (non-hydrogen) atoms. The van der Waals surface area contributed by atoms with Gasteiger partial charge in [0.15, 0.2) is 0 Å². The lowest BCUT2D eigenvalue weighted by molar-refractivity contribution is 0.288. The molecule has 0 spiro atoms. The number of hydrogen-bond donors (Lipinski definition) is 1. The lowest BCUT2D eigenvalue weighted by Gasteiger charge is -2.31. The second kappa shape index (κ2) is 5.94. The van der Waals surface area contributed by atoms with E-state index in [0.717, 1.165) is 25.3 Å². The highest BCUT2D eigenvalue weighted by molar-refractivity contribution is 7.89. The zero-order chi connectivity index (χ0) is 15.9. The molecule has 6 nitrogen and oxygen atoms in total. The Morgan fingerprint density at radius 1 is 1.18 bits per heavy atom. The largest absolute Gasteiger partial charge is 0.314 e. The van der Waals surface area contributed by atoms with E-state index in [0.29, 0.717) is 35.4 Å². The normalized spacial score (nSPS) is 21.4. The molecule has 0 aromatic carbocycles. The Bertz CT molecular complexity index is 641.